The Balaban J connectivity index is 2.14. The van der Waals surface area contributed by atoms with Crippen LogP contribution < -0.4 is 5.48 Å². The Morgan fingerprint density at radius 2 is 2.16 bits per heavy atom. The topological polar surface area (TPSA) is 131 Å². The summed E-state index contributed by atoms with van der Waals surface area (Å²) in [6, 6.07) is 4.17. The van der Waals surface area contributed by atoms with Crippen LogP contribution >= 0.6 is 15.9 Å². The van der Waals surface area contributed by atoms with Gasteiger partial charge in [0.05, 0.1) is 10.2 Å². The lowest BCUT2D eigenvalue weighted by molar-refractivity contribution is 0.234. The van der Waals surface area contributed by atoms with Crippen molar-refractivity contribution < 1.29 is 14.2 Å². The second kappa shape index (κ2) is 8.50. The monoisotopic (exact) mass is 432 g/mol. The van der Waals surface area contributed by atoms with Crippen LogP contribution in [0.15, 0.2) is 32.3 Å². The van der Waals surface area contributed by atoms with Crippen LogP contribution in [-0.2, 0) is 16.0 Å². The van der Waals surface area contributed by atoms with Crippen molar-refractivity contribution in [1.82, 2.24) is 15.8 Å². The van der Waals surface area contributed by atoms with Gasteiger partial charge in [-0.05, 0) is 58.5 Å². The summed E-state index contributed by atoms with van der Waals surface area (Å²) in [4.78, 5) is 4.19. The lowest BCUT2D eigenvalue weighted by Crippen LogP contribution is -2.22. The van der Waals surface area contributed by atoms with E-state index in [4.69, 9.17) is 14.2 Å². The molecule has 2 aromatic rings. The number of hydrogen-bond acceptors (Lipinski definition) is 7. The third kappa shape index (κ3) is 5.87. The Labute approximate surface area is 153 Å². The first-order chi connectivity index (χ1) is 11.8. The van der Waals surface area contributed by atoms with Gasteiger partial charge in [-0.2, -0.15) is 0 Å². The molecule has 1 aromatic carbocycles. The minimum Gasteiger partial charge on any atom is -0.290 e. The molecule has 0 radical (unpaired) electrons. The number of hydroxylamine groups is 1. The van der Waals surface area contributed by atoms with Gasteiger partial charge in [-0.3, -0.25) is 20.2 Å². The molecule has 0 saturated carbocycles. The average Bonchev–Trinajstić information content (AvgIpc) is 3.00. The third-order valence-electron chi connectivity index (χ3n) is 3.25. The summed E-state index contributed by atoms with van der Waals surface area (Å²) in [6.45, 7) is 0. The second-order valence-corrected chi connectivity index (χ2v) is 8.92. The molecule has 1 heterocycles. The molecule has 0 atom stereocenters. The first-order valence-corrected chi connectivity index (χ1v) is 10.3. The number of unbranched alkanes of at least 4 members (excludes halogenated alkanes) is 1. The molecule has 136 valence electrons. The van der Waals surface area contributed by atoms with Gasteiger partial charge in [0.2, 0.25) is 0 Å². The number of aromatic nitrogens is 2. The van der Waals surface area contributed by atoms with Gasteiger partial charge in [-0.15, -0.1) is 0 Å². The standard InChI is InChI=1S/C14H18BrFN6O2S/c1-25(17,18)7-3-2-4-12-13(22-24-21-12)14(20-23)19-9-5-6-11(16)10(15)8-9/h5-6,8,17-18,23H,2-4,7H2,1H3,(H,19,20). The molecule has 8 nitrogen and oxygen atoms in total. The summed E-state index contributed by atoms with van der Waals surface area (Å²) in [6.07, 6.45) is 3.57. The largest absolute Gasteiger partial charge is 0.290 e. The van der Waals surface area contributed by atoms with Crippen LogP contribution in [0.2, 0.25) is 0 Å². The first kappa shape index (κ1) is 19.5. The Morgan fingerprint density at radius 1 is 1.40 bits per heavy atom. The summed E-state index contributed by atoms with van der Waals surface area (Å²) in [5, 5.41) is 16.9. The minimum absolute atomic E-state index is 0.0335. The minimum atomic E-state index is -2.02. The van der Waals surface area contributed by atoms with E-state index in [-0.39, 0.29) is 16.0 Å². The number of nitrogens with one attached hydrogen (secondary N) is 3. The zero-order valence-corrected chi connectivity index (χ0v) is 15.8. The Kier molecular flexibility index (Phi) is 6.62. The van der Waals surface area contributed by atoms with Crippen molar-refractivity contribution in [2.45, 2.75) is 19.3 Å². The van der Waals surface area contributed by atoms with Gasteiger partial charge in [-0.25, -0.2) is 14.0 Å². The number of hydrogen-bond donors (Lipinski definition) is 4. The van der Waals surface area contributed by atoms with E-state index in [0.717, 1.165) is 6.42 Å². The lowest BCUT2D eigenvalue weighted by atomic mass is 10.1. The quantitative estimate of drug-likeness (QED) is 0.229. The Morgan fingerprint density at radius 3 is 2.80 bits per heavy atom. The highest BCUT2D eigenvalue weighted by atomic mass is 79.9. The molecule has 11 heteroatoms. The molecule has 2 rings (SSSR count). The van der Waals surface area contributed by atoms with Crippen LogP contribution in [0.3, 0.4) is 0 Å². The van der Waals surface area contributed by atoms with Gasteiger partial charge >= 0.3 is 0 Å². The van der Waals surface area contributed by atoms with Crippen molar-refractivity contribution in [3.05, 3.63) is 39.9 Å². The second-order valence-electron chi connectivity index (χ2n) is 5.48. The van der Waals surface area contributed by atoms with Gasteiger partial charge in [0.1, 0.15) is 11.5 Å². The third-order valence-corrected chi connectivity index (χ3v) is 4.96. The molecular weight excluding hydrogens is 415 g/mol. The number of aliphatic imine (C=N–C) groups is 1. The fraction of sp³-hybridized carbons (Fsp3) is 0.357. The summed E-state index contributed by atoms with van der Waals surface area (Å²) < 4.78 is 33.5. The van der Waals surface area contributed by atoms with E-state index in [1.54, 1.807) is 6.26 Å². The molecule has 25 heavy (non-hydrogen) atoms. The lowest BCUT2D eigenvalue weighted by Gasteiger charge is -2.05. The Hall–Kier alpha value is -1.85. The van der Waals surface area contributed by atoms with Crippen LogP contribution in [0.4, 0.5) is 10.1 Å². The highest BCUT2D eigenvalue weighted by molar-refractivity contribution is 9.10. The van der Waals surface area contributed by atoms with Crippen molar-refractivity contribution in [2.75, 3.05) is 12.0 Å². The molecule has 0 spiro atoms. The summed E-state index contributed by atoms with van der Waals surface area (Å²) >= 11 is 3.08. The number of rotatable bonds is 7. The highest BCUT2D eigenvalue weighted by Crippen LogP contribution is 2.23. The molecule has 0 aliphatic carbocycles. The molecule has 0 fully saturated rings. The number of halogens is 2. The van der Waals surface area contributed by atoms with Gasteiger partial charge in [-0.1, -0.05) is 14.8 Å². The summed E-state index contributed by atoms with van der Waals surface area (Å²) in [7, 11) is -2.02. The highest BCUT2D eigenvalue weighted by Gasteiger charge is 2.16. The zero-order chi connectivity index (χ0) is 18.4. The van der Waals surface area contributed by atoms with E-state index in [9.17, 15) is 9.60 Å². The van der Waals surface area contributed by atoms with Crippen molar-refractivity contribution in [2.24, 2.45) is 4.99 Å². The van der Waals surface area contributed by atoms with Gasteiger partial charge < -0.3 is 0 Å². The smallest absolute Gasteiger partial charge is 0.181 e. The van der Waals surface area contributed by atoms with Crippen LogP contribution in [0.5, 0.6) is 0 Å². The van der Waals surface area contributed by atoms with E-state index >= 15 is 0 Å². The van der Waals surface area contributed by atoms with E-state index in [0.29, 0.717) is 30.0 Å². The molecule has 0 amide bonds. The van der Waals surface area contributed by atoms with Crippen molar-refractivity contribution in [1.29, 1.82) is 9.56 Å². The van der Waals surface area contributed by atoms with Crippen molar-refractivity contribution in [3.63, 3.8) is 0 Å². The van der Waals surface area contributed by atoms with Crippen LogP contribution in [0, 0.1) is 15.4 Å². The number of benzene rings is 1. The number of aryl methyl sites for hydroxylation is 1. The molecule has 1 aromatic heterocycles. The molecule has 0 aliphatic heterocycles. The normalized spacial score (nSPS) is 12.4. The van der Waals surface area contributed by atoms with E-state index in [1.807, 2.05) is 5.48 Å². The molecule has 0 saturated heterocycles. The molecule has 0 aliphatic rings. The van der Waals surface area contributed by atoms with E-state index < -0.39 is 15.4 Å². The maximum Gasteiger partial charge on any atom is 0.181 e. The average molecular weight is 433 g/mol. The summed E-state index contributed by atoms with van der Waals surface area (Å²) in [5.41, 5.74) is 3.14. The SMILES string of the molecule is CS(=N)(=N)CCCCc1nonc1C(=Nc1ccc(F)c(Br)c1)NO. The first-order valence-electron chi connectivity index (χ1n) is 7.31. The van der Waals surface area contributed by atoms with Crippen LogP contribution in [0.1, 0.15) is 24.2 Å². The van der Waals surface area contributed by atoms with Gasteiger partial charge in [0, 0.05) is 12.0 Å². The number of nitrogens with zero attached hydrogens (tertiary/aromatic N) is 3. The predicted octanol–water partition coefficient (Wildman–Crippen LogP) is 3.66. The van der Waals surface area contributed by atoms with Gasteiger partial charge in [0.25, 0.3) is 0 Å². The van der Waals surface area contributed by atoms with E-state index in [1.165, 1.54) is 18.2 Å². The fourth-order valence-electron chi connectivity index (χ4n) is 2.05. The number of amidine groups is 1. The van der Waals surface area contributed by atoms with Gasteiger partial charge in [0.15, 0.2) is 11.5 Å². The fourth-order valence-corrected chi connectivity index (χ4v) is 3.20. The predicted molar refractivity (Wildman–Crippen MR) is 96.1 cm³/mol. The molecular formula is C14H18BrFN6O2S. The van der Waals surface area contributed by atoms with Crippen molar-refractivity contribution in [3.8, 4) is 0 Å². The van der Waals surface area contributed by atoms with Crippen molar-refractivity contribution >= 4 is 37.1 Å². The molecule has 4 N–H and O–H groups in total. The molecule has 0 unspecified atom stereocenters. The zero-order valence-electron chi connectivity index (χ0n) is 13.4. The van der Waals surface area contributed by atoms with Crippen LogP contribution in [0.25, 0.3) is 0 Å². The van der Waals surface area contributed by atoms with E-state index in [2.05, 4.69) is 31.2 Å². The Bertz CT molecular complexity index is 868. The summed E-state index contributed by atoms with van der Waals surface area (Å²) in [5.74, 6) is 0.140. The van der Waals surface area contributed by atoms with Crippen LogP contribution in [-0.4, -0.2) is 33.4 Å². The maximum atomic E-state index is 13.3. The maximum absolute atomic E-state index is 13.3. The molecule has 0 bridgehead atoms.